The van der Waals surface area contributed by atoms with Gasteiger partial charge in [0.2, 0.25) is 0 Å². The summed E-state index contributed by atoms with van der Waals surface area (Å²) in [6.45, 7) is 12.9. The lowest BCUT2D eigenvalue weighted by Crippen LogP contribution is -2.38. The molecule has 23 heavy (non-hydrogen) atoms. The molecular formula is C17H33N2O4. The van der Waals surface area contributed by atoms with E-state index in [2.05, 4.69) is 16.2 Å². The van der Waals surface area contributed by atoms with Crippen LogP contribution in [0.15, 0.2) is 0 Å². The average Bonchev–Trinajstić information content (AvgIpc) is 2.61. The van der Waals surface area contributed by atoms with Gasteiger partial charge in [0.1, 0.15) is 0 Å². The molecule has 0 unspecified atom stereocenters. The predicted molar refractivity (Wildman–Crippen MR) is 89.7 cm³/mol. The molecule has 0 atom stereocenters. The molecule has 2 rings (SSSR count). The zero-order chi connectivity index (χ0) is 16.0. The molecule has 1 radical (unpaired) electrons. The molecule has 135 valence electrons. The Balaban J connectivity index is 1.26. The Morgan fingerprint density at radius 2 is 1.09 bits per heavy atom. The Labute approximate surface area is 141 Å². The second-order valence-electron chi connectivity index (χ2n) is 6.00. The number of morpholine rings is 2. The van der Waals surface area contributed by atoms with E-state index in [0.717, 1.165) is 105 Å². The zero-order valence-electron chi connectivity index (χ0n) is 14.4. The Kier molecular flexibility index (Phi) is 10.9. The molecule has 0 N–H and O–H groups in total. The van der Waals surface area contributed by atoms with Crippen LogP contribution in [-0.2, 0) is 18.9 Å². The van der Waals surface area contributed by atoms with Crippen molar-refractivity contribution in [2.45, 2.75) is 12.8 Å². The smallest absolute Gasteiger partial charge is 0.0594 e. The van der Waals surface area contributed by atoms with Crippen molar-refractivity contribution in [3.05, 3.63) is 6.42 Å². The van der Waals surface area contributed by atoms with E-state index >= 15 is 0 Å². The summed E-state index contributed by atoms with van der Waals surface area (Å²) in [4.78, 5) is 4.80. The number of unbranched alkanes of at least 4 members (excludes halogenated alkanes) is 2. The summed E-state index contributed by atoms with van der Waals surface area (Å²) in [5.74, 6) is 0. The number of rotatable bonds is 12. The highest BCUT2D eigenvalue weighted by Gasteiger charge is 2.10. The van der Waals surface area contributed by atoms with Crippen LogP contribution in [0.3, 0.4) is 0 Å². The van der Waals surface area contributed by atoms with Crippen LogP contribution in [-0.4, -0.2) is 102 Å². The van der Waals surface area contributed by atoms with Crippen molar-refractivity contribution >= 4 is 0 Å². The molecule has 0 aromatic heterocycles. The predicted octanol–water partition coefficient (Wildman–Crippen LogP) is 0.668. The first kappa shape index (κ1) is 19.1. The van der Waals surface area contributed by atoms with Gasteiger partial charge in [0.05, 0.1) is 39.6 Å². The Hall–Kier alpha value is -0.240. The molecule has 2 aliphatic heterocycles. The van der Waals surface area contributed by atoms with Crippen molar-refractivity contribution in [2.24, 2.45) is 0 Å². The molecule has 0 spiro atoms. The van der Waals surface area contributed by atoms with Crippen molar-refractivity contribution in [1.29, 1.82) is 0 Å². The van der Waals surface area contributed by atoms with Gasteiger partial charge in [-0.15, -0.1) is 0 Å². The normalized spacial score (nSPS) is 20.9. The molecule has 0 bridgehead atoms. The maximum Gasteiger partial charge on any atom is 0.0594 e. The van der Waals surface area contributed by atoms with Crippen LogP contribution in [0.5, 0.6) is 0 Å². The van der Waals surface area contributed by atoms with Gasteiger partial charge in [0, 0.05) is 52.5 Å². The average molecular weight is 329 g/mol. The van der Waals surface area contributed by atoms with Crippen LogP contribution in [0.1, 0.15) is 12.8 Å². The largest absolute Gasteiger partial charge is 0.380 e. The molecule has 6 heteroatoms. The van der Waals surface area contributed by atoms with Crippen LogP contribution in [0.2, 0.25) is 0 Å². The highest BCUT2D eigenvalue weighted by Crippen LogP contribution is 1.99. The second kappa shape index (κ2) is 13.1. The monoisotopic (exact) mass is 329 g/mol. The van der Waals surface area contributed by atoms with Gasteiger partial charge in [-0.05, 0) is 19.3 Å². The third-order valence-electron chi connectivity index (χ3n) is 4.24. The molecule has 2 heterocycles. The lowest BCUT2D eigenvalue weighted by molar-refractivity contribution is 0.0195. The molecule has 0 saturated carbocycles. The van der Waals surface area contributed by atoms with E-state index in [0.29, 0.717) is 0 Å². The lowest BCUT2D eigenvalue weighted by Gasteiger charge is -2.26. The van der Waals surface area contributed by atoms with E-state index in [1.807, 2.05) is 0 Å². The first-order valence-electron chi connectivity index (χ1n) is 9.02. The third-order valence-corrected chi connectivity index (χ3v) is 4.24. The fraction of sp³-hybridized carbons (Fsp3) is 0.941. The highest BCUT2D eigenvalue weighted by molar-refractivity contribution is 4.65. The van der Waals surface area contributed by atoms with Gasteiger partial charge in [-0.25, -0.2) is 0 Å². The van der Waals surface area contributed by atoms with E-state index < -0.39 is 0 Å². The first-order chi connectivity index (χ1) is 11.4. The van der Waals surface area contributed by atoms with Crippen LogP contribution in [0.25, 0.3) is 0 Å². The van der Waals surface area contributed by atoms with E-state index in [-0.39, 0.29) is 0 Å². The quantitative estimate of drug-likeness (QED) is 0.490. The number of nitrogens with zero attached hydrogens (tertiary/aromatic N) is 2. The molecule has 2 saturated heterocycles. The molecule has 0 amide bonds. The molecule has 0 aromatic carbocycles. The van der Waals surface area contributed by atoms with Crippen molar-refractivity contribution in [2.75, 3.05) is 92.1 Å². The third kappa shape index (κ3) is 9.59. The molecule has 2 fully saturated rings. The Morgan fingerprint density at radius 3 is 1.52 bits per heavy atom. The van der Waals surface area contributed by atoms with Gasteiger partial charge in [0.15, 0.2) is 0 Å². The number of ether oxygens (including phenoxy) is 4. The van der Waals surface area contributed by atoms with Gasteiger partial charge >= 0.3 is 0 Å². The standard InChI is InChI=1S/C17H33N2O4/c1(2-10-20-12-4-18-6-14-22-15-7-18)3-11-21-13-5-19-8-16-23-17-9-19/h1H,2-17H2. The van der Waals surface area contributed by atoms with Gasteiger partial charge in [-0.2, -0.15) is 0 Å². The van der Waals surface area contributed by atoms with E-state index in [4.69, 9.17) is 18.9 Å². The highest BCUT2D eigenvalue weighted by atomic mass is 16.5. The van der Waals surface area contributed by atoms with Gasteiger partial charge in [-0.1, -0.05) is 0 Å². The van der Waals surface area contributed by atoms with E-state index in [1.54, 1.807) is 0 Å². The lowest BCUT2D eigenvalue weighted by atomic mass is 10.2. The summed E-state index contributed by atoms with van der Waals surface area (Å²) in [5.41, 5.74) is 0. The van der Waals surface area contributed by atoms with Gasteiger partial charge in [0.25, 0.3) is 0 Å². The van der Waals surface area contributed by atoms with Crippen LogP contribution >= 0.6 is 0 Å². The molecule has 2 aliphatic rings. The topological polar surface area (TPSA) is 43.4 Å². The summed E-state index contributed by atoms with van der Waals surface area (Å²) < 4.78 is 22.0. The maximum atomic E-state index is 5.67. The SMILES string of the molecule is [CH](CCOCCN1CCOCC1)CCOCCN1CCOCC1. The minimum absolute atomic E-state index is 0.818. The summed E-state index contributed by atoms with van der Waals surface area (Å²) in [6.07, 6.45) is 4.29. The fourth-order valence-electron chi connectivity index (χ4n) is 2.72. The van der Waals surface area contributed by atoms with E-state index in [9.17, 15) is 0 Å². The van der Waals surface area contributed by atoms with Crippen LogP contribution in [0, 0.1) is 6.42 Å². The van der Waals surface area contributed by atoms with E-state index in [1.165, 1.54) is 0 Å². The fourth-order valence-corrected chi connectivity index (χ4v) is 2.72. The Bertz CT molecular complexity index is 243. The first-order valence-corrected chi connectivity index (χ1v) is 9.02. The maximum absolute atomic E-state index is 5.67. The summed E-state index contributed by atoms with van der Waals surface area (Å²) in [6, 6.07) is 0. The van der Waals surface area contributed by atoms with Crippen LogP contribution in [0.4, 0.5) is 0 Å². The van der Waals surface area contributed by atoms with Crippen molar-refractivity contribution < 1.29 is 18.9 Å². The molecule has 0 aliphatic carbocycles. The number of hydrogen-bond acceptors (Lipinski definition) is 6. The molecule has 6 nitrogen and oxygen atoms in total. The second-order valence-corrected chi connectivity index (χ2v) is 6.00. The molecule has 0 aromatic rings. The summed E-state index contributed by atoms with van der Waals surface area (Å²) in [5, 5.41) is 0. The summed E-state index contributed by atoms with van der Waals surface area (Å²) >= 11 is 0. The Morgan fingerprint density at radius 1 is 0.652 bits per heavy atom. The van der Waals surface area contributed by atoms with Crippen LogP contribution < -0.4 is 0 Å². The van der Waals surface area contributed by atoms with Crippen molar-refractivity contribution in [1.82, 2.24) is 9.80 Å². The van der Waals surface area contributed by atoms with Gasteiger partial charge < -0.3 is 18.9 Å². The van der Waals surface area contributed by atoms with Crippen molar-refractivity contribution in [3.8, 4) is 0 Å². The van der Waals surface area contributed by atoms with Gasteiger partial charge in [-0.3, -0.25) is 9.80 Å². The zero-order valence-corrected chi connectivity index (χ0v) is 14.4. The number of hydrogen-bond donors (Lipinski definition) is 0. The van der Waals surface area contributed by atoms with Crippen molar-refractivity contribution in [3.63, 3.8) is 0 Å². The minimum Gasteiger partial charge on any atom is -0.380 e. The molecular weight excluding hydrogens is 296 g/mol. The summed E-state index contributed by atoms with van der Waals surface area (Å²) in [7, 11) is 0. The minimum atomic E-state index is 0.818.